The Balaban J connectivity index is 3.10. The monoisotopic (exact) mass is 163 g/mol. The van der Waals surface area contributed by atoms with Crippen LogP contribution in [0.25, 0.3) is 0 Å². The van der Waals surface area contributed by atoms with Gasteiger partial charge in [-0.1, -0.05) is 18.7 Å². The molecule has 1 aromatic carbocycles. The van der Waals surface area contributed by atoms with Crippen LogP contribution < -0.4 is 4.74 Å². The van der Waals surface area contributed by atoms with Gasteiger partial charge in [0.15, 0.2) is 11.5 Å². The Morgan fingerprint density at radius 3 is 2.92 bits per heavy atom. The molecule has 12 heavy (non-hydrogen) atoms. The molecule has 0 atom stereocenters. The number of hydrogen-bond donors (Lipinski definition) is 1. The van der Waals surface area contributed by atoms with Crippen LogP contribution in [0.15, 0.2) is 24.8 Å². The Morgan fingerprint density at radius 2 is 2.33 bits per heavy atom. The van der Waals surface area contributed by atoms with Crippen LogP contribution in [0.4, 0.5) is 0 Å². The lowest BCUT2D eigenvalue weighted by molar-refractivity contribution is 0.316. The van der Waals surface area contributed by atoms with Gasteiger partial charge in [-0.2, -0.15) is 0 Å². The normalized spacial score (nSPS) is 9.42. The number of ether oxygens (including phenoxy) is 1. The Kier molecular flexibility index (Phi) is 2.75. The number of rotatable bonds is 3. The van der Waals surface area contributed by atoms with Crippen LogP contribution in [0.3, 0.4) is 0 Å². The Labute approximate surface area is 72.1 Å². The SMILES string of the molecule is C=[C]c1cccc(O)c1OCC. The molecule has 0 amide bonds. The van der Waals surface area contributed by atoms with Crippen molar-refractivity contribution in [3.8, 4) is 11.5 Å². The summed E-state index contributed by atoms with van der Waals surface area (Å²) in [6, 6.07) is 5.09. The van der Waals surface area contributed by atoms with E-state index in [0.717, 1.165) is 0 Å². The zero-order valence-corrected chi connectivity index (χ0v) is 7.00. The molecular formula is C10H11O2. The van der Waals surface area contributed by atoms with Gasteiger partial charge in [-0.15, -0.1) is 0 Å². The third-order valence-corrected chi connectivity index (χ3v) is 1.47. The fraction of sp³-hybridized carbons (Fsp3) is 0.200. The zero-order valence-electron chi connectivity index (χ0n) is 7.00. The minimum absolute atomic E-state index is 0.130. The Morgan fingerprint density at radius 1 is 1.58 bits per heavy atom. The van der Waals surface area contributed by atoms with E-state index in [1.54, 1.807) is 18.2 Å². The second-order valence-electron chi connectivity index (χ2n) is 2.26. The first-order valence-corrected chi connectivity index (χ1v) is 3.77. The van der Waals surface area contributed by atoms with Crippen LogP contribution in [0.1, 0.15) is 12.5 Å². The summed E-state index contributed by atoms with van der Waals surface area (Å²) >= 11 is 0. The van der Waals surface area contributed by atoms with Crippen molar-refractivity contribution in [3.05, 3.63) is 36.4 Å². The van der Waals surface area contributed by atoms with E-state index >= 15 is 0 Å². The molecule has 0 aliphatic heterocycles. The van der Waals surface area contributed by atoms with Gasteiger partial charge in [0, 0.05) is 5.56 Å². The highest BCUT2D eigenvalue weighted by Crippen LogP contribution is 2.29. The van der Waals surface area contributed by atoms with Crippen molar-refractivity contribution in [1.82, 2.24) is 0 Å². The van der Waals surface area contributed by atoms with E-state index in [1.807, 2.05) is 6.92 Å². The molecule has 0 bridgehead atoms. The van der Waals surface area contributed by atoms with Crippen molar-refractivity contribution in [3.63, 3.8) is 0 Å². The summed E-state index contributed by atoms with van der Waals surface area (Å²) < 4.78 is 5.21. The third kappa shape index (κ3) is 1.59. The highest BCUT2D eigenvalue weighted by Gasteiger charge is 2.04. The number of aromatic hydroxyl groups is 1. The summed E-state index contributed by atoms with van der Waals surface area (Å²) in [7, 11) is 0. The second kappa shape index (κ2) is 3.81. The van der Waals surface area contributed by atoms with Gasteiger partial charge in [-0.3, -0.25) is 0 Å². The molecule has 0 spiro atoms. The van der Waals surface area contributed by atoms with Gasteiger partial charge in [0.05, 0.1) is 6.61 Å². The molecule has 0 aliphatic carbocycles. The van der Waals surface area contributed by atoms with Crippen molar-refractivity contribution in [1.29, 1.82) is 0 Å². The number of hydrogen-bond acceptors (Lipinski definition) is 2. The highest BCUT2D eigenvalue weighted by atomic mass is 16.5. The van der Waals surface area contributed by atoms with Crippen molar-refractivity contribution in [2.45, 2.75) is 6.92 Å². The van der Waals surface area contributed by atoms with E-state index < -0.39 is 0 Å². The molecule has 1 N–H and O–H groups in total. The van der Waals surface area contributed by atoms with Crippen molar-refractivity contribution < 1.29 is 9.84 Å². The first-order chi connectivity index (χ1) is 5.79. The first kappa shape index (κ1) is 8.65. The van der Waals surface area contributed by atoms with Crippen LogP contribution >= 0.6 is 0 Å². The van der Waals surface area contributed by atoms with Gasteiger partial charge in [-0.25, -0.2) is 0 Å². The van der Waals surface area contributed by atoms with E-state index in [-0.39, 0.29) is 5.75 Å². The molecule has 2 nitrogen and oxygen atoms in total. The standard InChI is InChI=1S/C10H11O2/c1-3-8-6-5-7-9(11)10(8)12-4-2/h5-7,11H,1,4H2,2H3. The second-order valence-corrected chi connectivity index (χ2v) is 2.26. The summed E-state index contributed by atoms with van der Waals surface area (Å²) in [5, 5.41) is 9.36. The maximum Gasteiger partial charge on any atom is 0.168 e. The van der Waals surface area contributed by atoms with E-state index in [4.69, 9.17) is 4.74 Å². The van der Waals surface area contributed by atoms with E-state index in [1.165, 1.54) is 0 Å². The summed E-state index contributed by atoms with van der Waals surface area (Å²) in [4.78, 5) is 0. The molecule has 0 saturated carbocycles. The molecule has 1 radical (unpaired) electrons. The maximum atomic E-state index is 9.36. The predicted octanol–water partition coefficient (Wildman–Crippen LogP) is 2.13. The van der Waals surface area contributed by atoms with Crippen molar-refractivity contribution in [2.75, 3.05) is 6.61 Å². The summed E-state index contributed by atoms with van der Waals surface area (Å²) in [6.07, 6.45) is 2.69. The minimum Gasteiger partial charge on any atom is -0.504 e. The molecule has 1 aromatic rings. The largest absolute Gasteiger partial charge is 0.504 e. The molecule has 0 unspecified atom stereocenters. The predicted molar refractivity (Wildman–Crippen MR) is 47.2 cm³/mol. The molecule has 63 valence electrons. The molecular weight excluding hydrogens is 152 g/mol. The average Bonchev–Trinajstić information content (AvgIpc) is 2.09. The van der Waals surface area contributed by atoms with E-state index in [0.29, 0.717) is 17.9 Å². The number of phenolic OH excluding ortho intramolecular Hbond substituents is 1. The smallest absolute Gasteiger partial charge is 0.168 e. The summed E-state index contributed by atoms with van der Waals surface area (Å²) in [6.45, 7) is 5.88. The van der Waals surface area contributed by atoms with Crippen molar-refractivity contribution >= 4 is 0 Å². The lowest BCUT2D eigenvalue weighted by Crippen LogP contribution is -1.94. The quantitative estimate of drug-likeness (QED) is 0.739. The summed E-state index contributed by atoms with van der Waals surface area (Å²) in [5.74, 6) is 0.584. The van der Waals surface area contributed by atoms with Crippen LogP contribution in [0.2, 0.25) is 0 Å². The minimum atomic E-state index is 0.130. The lowest BCUT2D eigenvalue weighted by atomic mass is 10.2. The van der Waals surface area contributed by atoms with Crippen LogP contribution in [0.5, 0.6) is 11.5 Å². The fourth-order valence-corrected chi connectivity index (χ4v) is 0.960. The Hall–Kier alpha value is -1.44. The number of benzene rings is 1. The topological polar surface area (TPSA) is 29.5 Å². The van der Waals surface area contributed by atoms with Crippen molar-refractivity contribution in [2.24, 2.45) is 0 Å². The molecule has 1 rings (SSSR count). The molecule has 0 fully saturated rings. The first-order valence-electron chi connectivity index (χ1n) is 3.77. The molecule has 0 saturated heterocycles. The van der Waals surface area contributed by atoms with E-state index in [9.17, 15) is 5.11 Å². The lowest BCUT2D eigenvalue weighted by Gasteiger charge is -2.07. The van der Waals surface area contributed by atoms with Crippen LogP contribution in [0, 0.1) is 6.08 Å². The van der Waals surface area contributed by atoms with Gasteiger partial charge in [0.25, 0.3) is 0 Å². The van der Waals surface area contributed by atoms with Gasteiger partial charge in [0.1, 0.15) is 0 Å². The van der Waals surface area contributed by atoms with Gasteiger partial charge in [0.2, 0.25) is 0 Å². The third-order valence-electron chi connectivity index (χ3n) is 1.47. The number of phenols is 1. The van der Waals surface area contributed by atoms with Gasteiger partial charge >= 0.3 is 0 Å². The fourth-order valence-electron chi connectivity index (χ4n) is 0.960. The highest BCUT2D eigenvalue weighted by molar-refractivity contribution is 5.48. The number of para-hydroxylation sites is 1. The zero-order chi connectivity index (χ0) is 8.97. The average molecular weight is 163 g/mol. The maximum absolute atomic E-state index is 9.36. The Bertz CT molecular complexity index is 279. The molecule has 2 heteroatoms. The van der Waals surface area contributed by atoms with Gasteiger partial charge in [-0.05, 0) is 19.1 Å². The van der Waals surface area contributed by atoms with Crippen LogP contribution in [-0.4, -0.2) is 11.7 Å². The molecule has 0 aliphatic rings. The molecule has 0 aromatic heterocycles. The summed E-state index contributed by atoms with van der Waals surface area (Å²) in [5.41, 5.74) is 0.692. The van der Waals surface area contributed by atoms with E-state index in [2.05, 4.69) is 12.7 Å². The van der Waals surface area contributed by atoms with Gasteiger partial charge < -0.3 is 9.84 Å². The molecule has 0 heterocycles. The van der Waals surface area contributed by atoms with Crippen LogP contribution in [-0.2, 0) is 0 Å².